The Bertz CT molecular complexity index is 923. The monoisotopic (exact) mass is 360 g/mol. The van der Waals surface area contributed by atoms with Crippen molar-refractivity contribution in [1.82, 2.24) is 19.8 Å². The van der Waals surface area contributed by atoms with Crippen LogP contribution in [-0.4, -0.2) is 58.9 Å². The molecule has 1 aliphatic rings. The van der Waals surface area contributed by atoms with Crippen LogP contribution in [0.2, 0.25) is 0 Å². The van der Waals surface area contributed by atoms with Gasteiger partial charge in [0, 0.05) is 44.1 Å². The fourth-order valence-corrected chi connectivity index (χ4v) is 3.87. The first-order valence-corrected chi connectivity index (χ1v) is 9.42. The minimum Gasteiger partial charge on any atom is -0.337 e. The molecule has 5 nitrogen and oxygen atoms in total. The van der Waals surface area contributed by atoms with Crippen LogP contribution in [-0.2, 0) is 6.42 Å². The molecule has 1 aromatic carbocycles. The Morgan fingerprint density at radius 3 is 2.70 bits per heavy atom. The third-order valence-corrected chi connectivity index (χ3v) is 5.20. The van der Waals surface area contributed by atoms with Crippen LogP contribution in [0.4, 0.5) is 0 Å². The molecule has 1 unspecified atom stereocenters. The number of aromatic nitrogens is 2. The van der Waals surface area contributed by atoms with Crippen molar-refractivity contribution >= 4 is 16.9 Å². The molecule has 1 fully saturated rings. The van der Waals surface area contributed by atoms with E-state index < -0.39 is 0 Å². The van der Waals surface area contributed by atoms with Gasteiger partial charge in [-0.25, -0.2) is 0 Å². The maximum Gasteiger partial charge on any atom is 0.253 e. The van der Waals surface area contributed by atoms with Crippen molar-refractivity contribution in [3.05, 3.63) is 72.1 Å². The van der Waals surface area contributed by atoms with Gasteiger partial charge in [-0.2, -0.15) is 0 Å². The van der Waals surface area contributed by atoms with Gasteiger partial charge in [-0.1, -0.05) is 18.2 Å². The maximum absolute atomic E-state index is 13.0. The van der Waals surface area contributed by atoms with Gasteiger partial charge >= 0.3 is 0 Å². The van der Waals surface area contributed by atoms with E-state index >= 15 is 0 Å². The van der Waals surface area contributed by atoms with Crippen LogP contribution < -0.4 is 0 Å². The number of pyridine rings is 2. The summed E-state index contributed by atoms with van der Waals surface area (Å²) in [5.41, 5.74) is 3.85. The van der Waals surface area contributed by atoms with Gasteiger partial charge in [0.2, 0.25) is 0 Å². The van der Waals surface area contributed by atoms with Gasteiger partial charge in [0.25, 0.3) is 5.91 Å². The molecule has 3 heterocycles. The lowest BCUT2D eigenvalue weighted by Crippen LogP contribution is -2.36. The molecule has 0 N–H and O–H groups in total. The number of nitrogens with zero attached hydrogens (tertiary/aromatic N) is 4. The maximum atomic E-state index is 13.0. The third kappa shape index (κ3) is 3.98. The number of hydrogen-bond acceptors (Lipinski definition) is 4. The number of rotatable bonds is 3. The largest absolute Gasteiger partial charge is 0.337 e. The number of hydrogen-bond donors (Lipinski definition) is 0. The van der Waals surface area contributed by atoms with Crippen molar-refractivity contribution in [2.45, 2.75) is 6.42 Å². The van der Waals surface area contributed by atoms with E-state index in [4.69, 9.17) is 0 Å². The van der Waals surface area contributed by atoms with Crippen LogP contribution in [0.3, 0.4) is 0 Å². The van der Waals surface area contributed by atoms with E-state index in [1.165, 1.54) is 5.56 Å². The lowest BCUT2D eigenvalue weighted by atomic mass is 9.97. The van der Waals surface area contributed by atoms with Gasteiger partial charge in [0.15, 0.2) is 0 Å². The molecule has 1 saturated heterocycles. The van der Waals surface area contributed by atoms with Crippen LogP contribution >= 0.6 is 0 Å². The van der Waals surface area contributed by atoms with Crippen molar-refractivity contribution in [2.24, 2.45) is 5.92 Å². The van der Waals surface area contributed by atoms with E-state index in [0.29, 0.717) is 5.92 Å². The second-order valence-corrected chi connectivity index (χ2v) is 7.29. The molecule has 4 rings (SSSR count). The van der Waals surface area contributed by atoms with Crippen molar-refractivity contribution in [3.8, 4) is 0 Å². The average molecular weight is 360 g/mol. The Labute approximate surface area is 159 Å². The summed E-state index contributed by atoms with van der Waals surface area (Å²) in [6, 6.07) is 15.5. The Morgan fingerprint density at radius 2 is 1.85 bits per heavy atom. The summed E-state index contributed by atoms with van der Waals surface area (Å²) in [5, 5.41) is 0. The lowest BCUT2D eigenvalue weighted by molar-refractivity contribution is 0.0746. The molecule has 1 atom stereocenters. The van der Waals surface area contributed by atoms with E-state index in [2.05, 4.69) is 28.0 Å². The molecule has 1 amide bonds. The van der Waals surface area contributed by atoms with E-state index in [1.807, 2.05) is 59.8 Å². The molecule has 0 saturated carbocycles. The van der Waals surface area contributed by atoms with Gasteiger partial charge < -0.3 is 9.80 Å². The first-order valence-electron chi connectivity index (χ1n) is 9.42. The predicted molar refractivity (Wildman–Crippen MR) is 107 cm³/mol. The van der Waals surface area contributed by atoms with E-state index in [9.17, 15) is 4.79 Å². The zero-order valence-corrected chi connectivity index (χ0v) is 15.6. The van der Waals surface area contributed by atoms with Gasteiger partial charge in [-0.05, 0) is 55.3 Å². The Morgan fingerprint density at radius 1 is 1.00 bits per heavy atom. The summed E-state index contributed by atoms with van der Waals surface area (Å²) >= 11 is 0. The summed E-state index contributed by atoms with van der Waals surface area (Å²) in [6.45, 7) is 3.38. The molecular weight excluding hydrogens is 336 g/mol. The normalized spacial score (nSPS) is 18.4. The van der Waals surface area contributed by atoms with Crippen molar-refractivity contribution in [2.75, 3.05) is 33.2 Å². The minimum absolute atomic E-state index is 0.119. The molecular formula is C22H24N4O. The molecule has 3 aromatic rings. The van der Waals surface area contributed by atoms with Crippen molar-refractivity contribution < 1.29 is 4.79 Å². The Kier molecular flexibility index (Phi) is 5.12. The molecule has 0 bridgehead atoms. The van der Waals surface area contributed by atoms with Crippen LogP contribution in [0.15, 0.2) is 60.9 Å². The minimum atomic E-state index is 0.119. The van der Waals surface area contributed by atoms with Crippen LogP contribution in [0.25, 0.3) is 11.0 Å². The molecule has 2 aromatic heterocycles. The second-order valence-electron chi connectivity index (χ2n) is 7.29. The number of benzene rings is 1. The van der Waals surface area contributed by atoms with Crippen LogP contribution in [0.5, 0.6) is 0 Å². The third-order valence-electron chi connectivity index (χ3n) is 5.20. The molecule has 1 aliphatic heterocycles. The number of amides is 1. The summed E-state index contributed by atoms with van der Waals surface area (Å²) in [6.07, 6.45) is 4.56. The zero-order chi connectivity index (χ0) is 18.6. The fourth-order valence-electron chi connectivity index (χ4n) is 3.87. The summed E-state index contributed by atoms with van der Waals surface area (Å²) < 4.78 is 0. The second kappa shape index (κ2) is 7.84. The summed E-state index contributed by atoms with van der Waals surface area (Å²) in [4.78, 5) is 26.2. The lowest BCUT2D eigenvalue weighted by Gasteiger charge is -2.24. The highest BCUT2D eigenvalue weighted by atomic mass is 16.2. The highest BCUT2D eigenvalue weighted by molar-refractivity contribution is 5.94. The summed E-state index contributed by atoms with van der Waals surface area (Å²) in [5.74, 6) is 0.478. The topological polar surface area (TPSA) is 49.3 Å². The van der Waals surface area contributed by atoms with Crippen LogP contribution in [0, 0.1) is 5.92 Å². The Hall–Kier alpha value is -2.79. The smallest absolute Gasteiger partial charge is 0.253 e. The molecule has 0 radical (unpaired) electrons. The quantitative estimate of drug-likeness (QED) is 0.721. The van der Waals surface area contributed by atoms with Gasteiger partial charge in [0.05, 0.1) is 11.0 Å². The first kappa shape index (κ1) is 17.6. The standard InChI is InChI=1S/C22H24N4O/c1-25-12-13-26(22(27)18-6-3-2-4-7-18)16-17(15-25)14-19-9-11-23-20-8-5-10-24-21(19)20/h2-11,17H,12-16H2,1H3. The zero-order valence-electron chi connectivity index (χ0n) is 15.6. The van der Waals surface area contributed by atoms with Crippen molar-refractivity contribution in [1.29, 1.82) is 0 Å². The van der Waals surface area contributed by atoms with E-state index in [0.717, 1.165) is 49.2 Å². The molecule has 5 heteroatoms. The predicted octanol–water partition coefficient (Wildman–Crippen LogP) is 2.88. The van der Waals surface area contributed by atoms with E-state index in [-0.39, 0.29) is 5.91 Å². The molecule has 0 spiro atoms. The summed E-state index contributed by atoms with van der Waals surface area (Å²) in [7, 11) is 2.13. The SMILES string of the molecule is CN1CCN(C(=O)c2ccccc2)CC(Cc2ccnc3cccnc23)C1. The van der Waals surface area contributed by atoms with Crippen LogP contribution in [0.1, 0.15) is 15.9 Å². The highest BCUT2D eigenvalue weighted by Crippen LogP contribution is 2.21. The molecule has 27 heavy (non-hydrogen) atoms. The first-order chi connectivity index (χ1) is 13.2. The number of carbonyl (C=O) groups is 1. The number of carbonyl (C=O) groups excluding carboxylic acids is 1. The molecule has 0 aliphatic carbocycles. The fraction of sp³-hybridized carbons (Fsp3) is 0.318. The van der Waals surface area contributed by atoms with Gasteiger partial charge in [0.1, 0.15) is 0 Å². The van der Waals surface area contributed by atoms with Gasteiger partial charge in [-0.15, -0.1) is 0 Å². The average Bonchev–Trinajstić information content (AvgIpc) is 2.89. The number of likely N-dealkylation sites (N-methyl/N-ethyl adjacent to an activating group) is 1. The molecule has 138 valence electrons. The Balaban J connectivity index is 1.57. The van der Waals surface area contributed by atoms with E-state index in [1.54, 1.807) is 0 Å². The highest BCUT2D eigenvalue weighted by Gasteiger charge is 2.25. The van der Waals surface area contributed by atoms with Crippen molar-refractivity contribution in [3.63, 3.8) is 0 Å². The number of fused-ring (bicyclic) bond motifs is 1. The van der Waals surface area contributed by atoms with Gasteiger partial charge in [-0.3, -0.25) is 14.8 Å².